The van der Waals surface area contributed by atoms with Crippen LogP contribution in [0.2, 0.25) is 0 Å². The van der Waals surface area contributed by atoms with Gasteiger partial charge in [-0.15, -0.1) is 22.7 Å². The third-order valence-electron chi connectivity index (χ3n) is 5.03. The minimum Gasteiger partial charge on any atom is -0.354 e. The summed E-state index contributed by atoms with van der Waals surface area (Å²) in [6.07, 6.45) is 1.41. The van der Waals surface area contributed by atoms with E-state index in [9.17, 15) is 13.2 Å². The maximum Gasteiger partial charge on any atom is 0.252 e. The first-order chi connectivity index (χ1) is 13.3. The number of carbonyl (C=O) groups is 1. The molecule has 1 aliphatic rings. The van der Waals surface area contributed by atoms with E-state index in [2.05, 4.69) is 16.3 Å². The van der Waals surface area contributed by atoms with Crippen LogP contribution in [0.4, 0.5) is 0 Å². The molecule has 0 aromatic carbocycles. The Morgan fingerprint density at radius 1 is 1.36 bits per heavy atom. The summed E-state index contributed by atoms with van der Waals surface area (Å²) in [7, 11) is 0.467. The summed E-state index contributed by atoms with van der Waals surface area (Å²) >= 11 is 2.95. The molecule has 0 spiro atoms. The van der Waals surface area contributed by atoms with E-state index in [0.717, 1.165) is 4.88 Å². The van der Waals surface area contributed by atoms with Gasteiger partial charge < -0.3 is 10.2 Å². The van der Waals surface area contributed by atoms with Crippen LogP contribution in [0, 0.1) is 12.8 Å². The van der Waals surface area contributed by atoms with E-state index in [0.29, 0.717) is 30.1 Å². The van der Waals surface area contributed by atoms with Gasteiger partial charge in [0.15, 0.2) is 0 Å². The fourth-order valence-electron chi connectivity index (χ4n) is 3.41. The van der Waals surface area contributed by atoms with Crippen molar-refractivity contribution >= 4 is 38.6 Å². The van der Waals surface area contributed by atoms with Crippen molar-refractivity contribution in [1.82, 2.24) is 14.5 Å². The van der Waals surface area contributed by atoms with Crippen molar-refractivity contribution in [2.24, 2.45) is 5.92 Å². The molecule has 0 radical (unpaired) electrons. The summed E-state index contributed by atoms with van der Waals surface area (Å²) in [5, 5.41) is 5.08. The minimum absolute atomic E-state index is 0.0642. The van der Waals surface area contributed by atoms with Crippen LogP contribution in [0.3, 0.4) is 0 Å². The first kappa shape index (κ1) is 21.4. The Morgan fingerprint density at radius 2 is 2.14 bits per heavy atom. The number of likely N-dealkylation sites (N-methyl/N-ethyl adjacent to an activating group) is 1. The Kier molecular flexibility index (Phi) is 6.93. The van der Waals surface area contributed by atoms with Gasteiger partial charge in [-0.25, -0.2) is 8.42 Å². The molecule has 28 heavy (non-hydrogen) atoms. The summed E-state index contributed by atoms with van der Waals surface area (Å²) < 4.78 is 27.6. The Labute approximate surface area is 175 Å². The predicted molar refractivity (Wildman–Crippen MR) is 114 cm³/mol. The second-order valence-electron chi connectivity index (χ2n) is 7.31. The number of thiophene rings is 2. The molecule has 2 aromatic heterocycles. The molecule has 6 nitrogen and oxygen atoms in total. The molecule has 0 bridgehead atoms. The number of piperidine rings is 1. The molecule has 3 rings (SSSR count). The maximum absolute atomic E-state index is 12.9. The summed E-state index contributed by atoms with van der Waals surface area (Å²) in [6.45, 7) is 3.12. The van der Waals surface area contributed by atoms with Crippen molar-refractivity contribution in [3.63, 3.8) is 0 Å². The highest BCUT2D eigenvalue weighted by Gasteiger charge is 2.34. The Morgan fingerprint density at radius 3 is 2.75 bits per heavy atom. The van der Waals surface area contributed by atoms with Gasteiger partial charge >= 0.3 is 0 Å². The molecule has 0 aliphatic carbocycles. The second kappa shape index (κ2) is 9.04. The molecule has 9 heteroatoms. The Balaban J connectivity index is 1.63. The highest BCUT2D eigenvalue weighted by Crippen LogP contribution is 2.28. The lowest BCUT2D eigenvalue weighted by molar-refractivity contribution is -0.126. The molecule has 1 N–H and O–H groups in total. The Hall–Kier alpha value is -1.26. The summed E-state index contributed by atoms with van der Waals surface area (Å²) in [5.41, 5.74) is 0. The van der Waals surface area contributed by atoms with Crippen LogP contribution < -0.4 is 5.32 Å². The molecule has 2 atom stereocenters. The molecule has 2 aromatic rings. The third kappa shape index (κ3) is 4.83. The van der Waals surface area contributed by atoms with Crippen molar-refractivity contribution < 1.29 is 13.2 Å². The average molecular weight is 442 g/mol. The van der Waals surface area contributed by atoms with Crippen molar-refractivity contribution in [2.45, 2.75) is 30.0 Å². The molecular formula is C19H27N3O3S3. The number of carbonyl (C=O) groups excluding carboxylic acids is 1. The summed E-state index contributed by atoms with van der Waals surface area (Å²) in [6, 6.07) is 7.66. The first-order valence-electron chi connectivity index (χ1n) is 9.33. The van der Waals surface area contributed by atoms with E-state index in [1.165, 1.54) is 20.5 Å². The number of sulfonamides is 1. The standard InChI is InChI=1S/C19H27N3O3S3/c1-14-8-9-18(27-14)28(24,25)22-10-4-6-15(13-22)19(23)20-12-16(21(2)3)17-7-5-11-26-17/h5,7-9,11,15-16H,4,6,10,12-13H2,1-3H3,(H,20,23)/t15-,16-/m1/s1. The van der Waals surface area contributed by atoms with Crippen molar-refractivity contribution in [3.05, 3.63) is 39.4 Å². The molecule has 1 fully saturated rings. The Bertz CT molecular complexity index is 891. The van der Waals surface area contributed by atoms with Gasteiger partial charge in [-0.1, -0.05) is 6.07 Å². The van der Waals surface area contributed by atoms with Gasteiger partial charge in [-0.05, 0) is 57.4 Å². The molecule has 1 saturated heterocycles. The van der Waals surface area contributed by atoms with E-state index in [-0.39, 0.29) is 24.4 Å². The number of aryl methyl sites for hydroxylation is 1. The van der Waals surface area contributed by atoms with Gasteiger partial charge in [0.2, 0.25) is 5.91 Å². The highest BCUT2D eigenvalue weighted by molar-refractivity contribution is 7.91. The lowest BCUT2D eigenvalue weighted by atomic mass is 9.98. The van der Waals surface area contributed by atoms with Gasteiger partial charge in [0.25, 0.3) is 10.0 Å². The highest BCUT2D eigenvalue weighted by atomic mass is 32.2. The summed E-state index contributed by atoms with van der Waals surface area (Å²) in [4.78, 5) is 17.0. The molecule has 0 saturated carbocycles. The topological polar surface area (TPSA) is 69.7 Å². The van der Waals surface area contributed by atoms with E-state index in [4.69, 9.17) is 0 Å². The van der Waals surface area contributed by atoms with E-state index in [1.54, 1.807) is 17.4 Å². The van der Waals surface area contributed by atoms with Crippen LogP contribution in [0.1, 0.15) is 28.6 Å². The number of hydrogen-bond acceptors (Lipinski definition) is 6. The monoisotopic (exact) mass is 441 g/mol. The van der Waals surface area contributed by atoms with Crippen molar-refractivity contribution in [2.75, 3.05) is 33.7 Å². The van der Waals surface area contributed by atoms with Crippen LogP contribution in [-0.2, 0) is 14.8 Å². The van der Waals surface area contributed by atoms with E-state index in [1.807, 2.05) is 38.5 Å². The van der Waals surface area contributed by atoms with Gasteiger partial charge in [0.05, 0.1) is 12.0 Å². The minimum atomic E-state index is -3.52. The molecule has 154 valence electrons. The number of rotatable bonds is 7. The van der Waals surface area contributed by atoms with E-state index >= 15 is 0 Å². The quantitative estimate of drug-likeness (QED) is 0.717. The van der Waals surface area contributed by atoms with E-state index < -0.39 is 10.0 Å². The predicted octanol–water partition coefficient (Wildman–Crippen LogP) is 2.94. The van der Waals surface area contributed by atoms with Crippen molar-refractivity contribution in [1.29, 1.82) is 0 Å². The number of nitrogens with zero attached hydrogens (tertiary/aromatic N) is 2. The second-order valence-corrected chi connectivity index (χ2v) is 11.7. The number of nitrogens with one attached hydrogen (secondary N) is 1. The van der Waals surface area contributed by atoms with Crippen LogP contribution in [0.5, 0.6) is 0 Å². The zero-order valence-corrected chi connectivity index (χ0v) is 18.9. The summed E-state index contributed by atoms with van der Waals surface area (Å²) in [5.74, 6) is -0.374. The third-order valence-corrected chi connectivity index (χ3v) is 9.34. The SMILES string of the molecule is Cc1ccc(S(=O)(=O)N2CCC[C@@H](C(=O)NC[C@H](c3cccs3)N(C)C)C2)s1. The largest absolute Gasteiger partial charge is 0.354 e. The number of amides is 1. The lowest BCUT2D eigenvalue weighted by Crippen LogP contribution is -2.46. The molecule has 3 heterocycles. The normalized spacial score (nSPS) is 19.6. The fourth-order valence-corrected chi connectivity index (χ4v) is 7.30. The van der Waals surface area contributed by atoms with Gasteiger partial charge in [0.1, 0.15) is 4.21 Å². The fraction of sp³-hybridized carbons (Fsp3) is 0.526. The maximum atomic E-state index is 12.9. The van der Waals surface area contributed by atoms with Crippen molar-refractivity contribution in [3.8, 4) is 0 Å². The van der Waals surface area contributed by atoms with Gasteiger partial charge in [-0.3, -0.25) is 4.79 Å². The van der Waals surface area contributed by atoms with Crippen LogP contribution in [-0.4, -0.2) is 57.3 Å². The van der Waals surface area contributed by atoms with Crippen LogP contribution >= 0.6 is 22.7 Å². The average Bonchev–Trinajstić information content (AvgIpc) is 3.34. The van der Waals surface area contributed by atoms with Crippen LogP contribution in [0.15, 0.2) is 33.9 Å². The van der Waals surface area contributed by atoms with Gasteiger partial charge in [-0.2, -0.15) is 4.31 Å². The smallest absolute Gasteiger partial charge is 0.252 e. The molecule has 1 aliphatic heterocycles. The first-order valence-corrected chi connectivity index (χ1v) is 12.5. The molecule has 0 unspecified atom stereocenters. The lowest BCUT2D eigenvalue weighted by Gasteiger charge is -2.31. The van der Waals surface area contributed by atoms with Gasteiger partial charge in [0, 0.05) is 29.4 Å². The zero-order valence-electron chi connectivity index (χ0n) is 16.4. The van der Waals surface area contributed by atoms with Crippen LogP contribution in [0.25, 0.3) is 0 Å². The molecule has 1 amide bonds. The number of hydrogen-bond donors (Lipinski definition) is 1. The zero-order chi connectivity index (χ0) is 20.3. The molecular weight excluding hydrogens is 414 g/mol.